The lowest BCUT2D eigenvalue weighted by atomic mass is 9.96. The molecule has 0 spiro atoms. The molecule has 0 amide bonds. The lowest BCUT2D eigenvalue weighted by Gasteiger charge is -2.18. The molecule has 0 aliphatic carbocycles. The SMILES string of the molecule is CN1C/C=C\CCOc2cccc(c2)-c2ccnc(n2)Nc2cccc(c2)C1.O=C(O)CC(O)(CC(=O)O)C(=O)O. The quantitative estimate of drug-likeness (QED) is 0.285. The Balaban J connectivity index is 0.000000302. The van der Waals surface area contributed by atoms with Gasteiger partial charge >= 0.3 is 17.9 Å². The van der Waals surface area contributed by atoms with E-state index in [1.54, 1.807) is 6.20 Å². The number of nitrogens with zero attached hydrogens (tertiary/aromatic N) is 3. The van der Waals surface area contributed by atoms with Gasteiger partial charge in [-0.3, -0.25) is 14.5 Å². The van der Waals surface area contributed by atoms with Crippen molar-refractivity contribution < 1.29 is 39.5 Å². The molecule has 2 heterocycles. The van der Waals surface area contributed by atoms with Crippen LogP contribution in [0.1, 0.15) is 24.8 Å². The molecule has 216 valence electrons. The predicted molar refractivity (Wildman–Crippen MR) is 150 cm³/mol. The molecule has 2 aromatic carbocycles. The van der Waals surface area contributed by atoms with Gasteiger partial charge in [0, 0.05) is 30.5 Å². The highest BCUT2D eigenvalue weighted by atomic mass is 16.5. The molecule has 0 radical (unpaired) electrons. The van der Waals surface area contributed by atoms with Crippen LogP contribution in [0.25, 0.3) is 11.3 Å². The lowest BCUT2D eigenvalue weighted by Crippen LogP contribution is -2.42. The fourth-order valence-corrected chi connectivity index (χ4v) is 3.91. The highest BCUT2D eigenvalue weighted by Gasteiger charge is 2.40. The summed E-state index contributed by atoms with van der Waals surface area (Å²) >= 11 is 0. The first-order valence-corrected chi connectivity index (χ1v) is 12.7. The Morgan fingerprint density at radius 2 is 1.73 bits per heavy atom. The van der Waals surface area contributed by atoms with Gasteiger partial charge in [0.15, 0.2) is 5.60 Å². The van der Waals surface area contributed by atoms with Crippen LogP contribution in [-0.2, 0) is 20.9 Å². The van der Waals surface area contributed by atoms with Crippen molar-refractivity contribution in [1.29, 1.82) is 0 Å². The average Bonchev–Trinajstić information content (AvgIpc) is 2.90. The van der Waals surface area contributed by atoms with Gasteiger partial charge in [-0.05, 0) is 49.4 Å². The van der Waals surface area contributed by atoms with Gasteiger partial charge in [-0.1, -0.05) is 36.4 Å². The standard InChI is InChI=1S/C23H24N4O.C6H8O7/c1-27-13-3-2-4-14-28-21-10-6-8-19(16-21)22-11-12-24-23(26-22)25-20-9-5-7-18(15-20)17-27;7-3(8)1-6(13,5(11)12)2-4(9)10/h2-3,5-12,15-16H,4,13-14,17H2,1H3,(H,24,25,26);13H,1-2H2,(H,7,8)(H,9,10)(H,11,12)/b3-2-;. The molecule has 12 heteroatoms. The number of carboxylic acids is 3. The van der Waals surface area contributed by atoms with Crippen LogP contribution >= 0.6 is 0 Å². The van der Waals surface area contributed by atoms with Crippen molar-refractivity contribution in [3.8, 4) is 17.0 Å². The summed E-state index contributed by atoms with van der Waals surface area (Å²) in [7, 11) is 2.12. The van der Waals surface area contributed by atoms with Crippen molar-refractivity contribution in [2.75, 3.05) is 25.5 Å². The van der Waals surface area contributed by atoms with Crippen molar-refractivity contribution in [1.82, 2.24) is 14.9 Å². The second kappa shape index (κ2) is 14.5. The Bertz CT molecular complexity index is 1380. The summed E-state index contributed by atoms with van der Waals surface area (Å²) in [5.41, 5.74) is 1.36. The van der Waals surface area contributed by atoms with Crippen molar-refractivity contribution >= 4 is 29.5 Å². The van der Waals surface area contributed by atoms with E-state index in [0.29, 0.717) is 12.6 Å². The monoisotopic (exact) mass is 564 g/mol. The molecule has 1 aliphatic heterocycles. The number of likely N-dealkylation sites (N-methyl/N-ethyl adjacent to an activating group) is 1. The van der Waals surface area contributed by atoms with Crippen LogP contribution in [0.5, 0.6) is 5.75 Å². The summed E-state index contributed by atoms with van der Waals surface area (Å²) in [6.07, 6.45) is 4.75. The van der Waals surface area contributed by atoms with Crippen LogP contribution < -0.4 is 10.1 Å². The van der Waals surface area contributed by atoms with Gasteiger partial charge in [0.05, 0.1) is 25.1 Å². The van der Waals surface area contributed by atoms with Crippen molar-refractivity contribution in [3.05, 3.63) is 78.5 Å². The number of fused-ring (bicyclic) bond motifs is 7. The Morgan fingerprint density at radius 1 is 1.00 bits per heavy atom. The Labute approximate surface area is 236 Å². The summed E-state index contributed by atoms with van der Waals surface area (Å²) < 4.78 is 5.90. The molecule has 12 nitrogen and oxygen atoms in total. The van der Waals surface area contributed by atoms with Crippen molar-refractivity contribution in [3.63, 3.8) is 0 Å². The number of aliphatic hydroxyl groups is 1. The van der Waals surface area contributed by atoms with Crippen LogP contribution in [0.4, 0.5) is 11.6 Å². The number of hydrogen-bond acceptors (Lipinski definition) is 9. The number of benzene rings is 2. The van der Waals surface area contributed by atoms with E-state index in [1.807, 2.05) is 36.4 Å². The molecule has 1 aliphatic rings. The molecular formula is C29H32N4O8. The number of ether oxygens (including phenoxy) is 1. The van der Waals surface area contributed by atoms with Gasteiger partial charge in [0.25, 0.3) is 0 Å². The minimum atomic E-state index is -2.74. The number of carboxylic acid groups (broad SMARTS) is 3. The fraction of sp³-hybridized carbons (Fsp3) is 0.276. The topological polar surface area (TPSA) is 182 Å². The van der Waals surface area contributed by atoms with Crippen LogP contribution in [-0.4, -0.2) is 79.0 Å². The van der Waals surface area contributed by atoms with Gasteiger partial charge < -0.3 is 30.5 Å². The van der Waals surface area contributed by atoms with Gasteiger partial charge in [0.1, 0.15) is 5.75 Å². The number of nitrogens with one attached hydrogen (secondary N) is 1. The molecular weight excluding hydrogens is 532 g/mol. The van der Waals surface area contributed by atoms with Crippen molar-refractivity contribution in [2.45, 2.75) is 31.4 Å². The molecule has 0 fully saturated rings. The molecule has 1 aromatic heterocycles. The summed E-state index contributed by atoms with van der Waals surface area (Å²) in [6, 6.07) is 18.3. The lowest BCUT2D eigenvalue weighted by molar-refractivity contribution is -0.170. The van der Waals surface area contributed by atoms with E-state index in [0.717, 1.165) is 42.2 Å². The van der Waals surface area contributed by atoms with Gasteiger partial charge in [-0.15, -0.1) is 0 Å². The van der Waals surface area contributed by atoms with Crippen LogP contribution in [0, 0.1) is 0 Å². The number of anilines is 2. The highest BCUT2D eigenvalue weighted by Crippen LogP contribution is 2.24. The normalized spacial score (nSPS) is 14.5. The summed E-state index contributed by atoms with van der Waals surface area (Å²) in [5.74, 6) is -3.59. The van der Waals surface area contributed by atoms with Gasteiger partial charge in [0.2, 0.25) is 5.95 Å². The summed E-state index contributed by atoms with van der Waals surface area (Å²) in [6.45, 7) is 2.43. The Hall–Kier alpha value is -4.81. The third-order valence-corrected chi connectivity index (χ3v) is 5.84. The highest BCUT2D eigenvalue weighted by molar-refractivity contribution is 5.88. The zero-order valence-corrected chi connectivity index (χ0v) is 22.4. The zero-order valence-electron chi connectivity index (χ0n) is 22.4. The largest absolute Gasteiger partial charge is 0.493 e. The molecule has 0 atom stereocenters. The number of carbonyl (C=O) groups is 3. The maximum Gasteiger partial charge on any atom is 0.336 e. The first-order chi connectivity index (χ1) is 19.5. The first-order valence-electron chi connectivity index (χ1n) is 12.7. The average molecular weight is 565 g/mol. The van der Waals surface area contributed by atoms with E-state index in [1.165, 1.54) is 5.56 Å². The van der Waals surface area contributed by atoms with E-state index >= 15 is 0 Å². The maximum atomic E-state index is 10.3. The second-order valence-corrected chi connectivity index (χ2v) is 9.40. The number of aromatic nitrogens is 2. The summed E-state index contributed by atoms with van der Waals surface area (Å²) in [4.78, 5) is 41.8. The van der Waals surface area contributed by atoms with Crippen LogP contribution in [0.15, 0.2) is 72.9 Å². The summed E-state index contributed by atoms with van der Waals surface area (Å²) in [5, 5.41) is 37.1. The third-order valence-electron chi connectivity index (χ3n) is 5.84. The van der Waals surface area contributed by atoms with E-state index in [2.05, 4.69) is 57.6 Å². The number of rotatable bonds is 5. The minimum Gasteiger partial charge on any atom is -0.493 e. The van der Waals surface area contributed by atoms with E-state index in [4.69, 9.17) is 25.2 Å². The zero-order chi connectivity index (χ0) is 29.8. The smallest absolute Gasteiger partial charge is 0.336 e. The van der Waals surface area contributed by atoms with Crippen LogP contribution in [0.2, 0.25) is 0 Å². The second-order valence-electron chi connectivity index (χ2n) is 9.40. The van der Waals surface area contributed by atoms with E-state index < -0.39 is 36.4 Å². The minimum absolute atomic E-state index is 0.582. The molecule has 0 saturated carbocycles. The molecule has 3 aromatic rings. The third kappa shape index (κ3) is 10.0. The first kappa shape index (κ1) is 30.7. The number of hydrogen-bond donors (Lipinski definition) is 5. The molecule has 0 unspecified atom stereocenters. The fourth-order valence-electron chi connectivity index (χ4n) is 3.91. The molecule has 5 N–H and O–H groups in total. The molecule has 0 saturated heterocycles. The van der Waals surface area contributed by atoms with Crippen molar-refractivity contribution in [2.24, 2.45) is 0 Å². The van der Waals surface area contributed by atoms with Gasteiger partial charge in [-0.2, -0.15) is 0 Å². The predicted octanol–water partition coefficient (Wildman–Crippen LogP) is 3.41. The Kier molecular flexibility index (Phi) is 10.9. The number of aliphatic carboxylic acids is 3. The molecule has 4 rings (SSSR count). The van der Waals surface area contributed by atoms with Crippen LogP contribution in [0.3, 0.4) is 0 Å². The van der Waals surface area contributed by atoms with E-state index in [9.17, 15) is 14.4 Å². The Morgan fingerprint density at radius 3 is 2.44 bits per heavy atom. The van der Waals surface area contributed by atoms with Gasteiger partial charge in [-0.25, -0.2) is 14.8 Å². The molecule has 41 heavy (non-hydrogen) atoms. The molecule has 6 bridgehead atoms. The van der Waals surface area contributed by atoms with E-state index in [-0.39, 0.29) is 0 Å². The maximum absolute atomic E-state index is 10.3.